The number of aryl methyl sites for hydroxylation is 1. The van der Waals surface area contributed by atoms with Gasteiger partial charge in [0.05, 0.1) is 0 Å². The molecule has 1 aromatic carbocycles. The van der Waals surface area contributed by atoms with Gasteiger partial charge in [0.15, 0.2) is 5.12 Å². The molecule has 1 unspecified atom stereocenters. The first-order valence-electron chi connectivity index (χ1n) is 7.28. The summed E-state index contributed by atoms with van der Waals surface area (Å²) < 4.78 is 0. The summed E-state index contributed by atoms with van der Waals surface area (Å²) in [6, 6.07) is 5.32. The Labute approximate surface area is 134 Å². The summed E-state index contributed by atoms with van der Waals surface area (Å²) in [6.07, 6.45) is 0.377. The van der Waals surface area contributed by atoms with Crippen LogP contribution in [0.15, 0.2) is 18.2 Å². The van der Waals surface area contributed by atoms with Gasteiger partial charge in [0.1, 0.15) is 0 Å². The molecule has 118 valence electrons. The molecule has 22 heavy (non-hydrogen) atoms. The van der Waals surface area contributed by atoms with Crippen molar-refractivity contribution < 1.29 is 14.4 Å². The maximum atomic E-state index is 12.2. The van der Waals surface area contributed by atoms with Crippen molar-refractivity contribution in [1.82, 2.24) is 5.32 Å². The van der Waals surface area contributed by atoms with Gasteiger partial charge in [-0.25, -0.2) is 0 Å². The number of hydrogen-bond acceptors (Lipinski definition) is 4. The monoisotopic (exact) mass is 320 g/mol. The van der Waals surface area contributed by atoms with E-state index in [0.29, 0.717) is 25.1 Å². The smallest absolute Gasteiger partial charge is 0.251 e. The number of thioether (sulfide) groups is 1. The van der Waals surface area contributed by atoms with Crippen molar-refractivity contribution in [3.05, 3.63) is 29.3 Å². The molecule has 0 saturated carbocycles. The van der Waals surface area contributed by atoms with Crippen LogP contribution in [0.1, 0.15) is 36.2 Å². The molecule has 0 spiro atoms. The average molecular weight is 320 g/mol. The molecule has 1 heterocycles. The molecular weight excluding hydrogens is 300 g/mol. The Hall–Kier alpha value is -1.82. The minimum absolute atomic E-state index is 0.00691. The molecule has 1 N–H and O–H groups in total. The van der Waals surface area contributed by atoms with Crippen LogP contribution in [-0.2, 0) is 9.59 Å². The molecule has 0 bridgehead atoms. The quantitative estimate of drug-likeness (QED) is 0.923. The SMILES string of the molecule is CCNC(=O)c1ccc(N2CC(SC(C)=O)CC2=O)c(C)c1. The van der Waals surface area contributed by atoms with Gasteiger partial charge in [-0.1, -0.05) is 11.8 Å². The van der Waals surface area contributed by atoms with Crippen molar-refractivity contribution in [3.8, 4) is 0 Å². The van der Waals surface area contributed by atoms with Gasteiger partial charge in [-0.05, 0) is 37.6 Å². The van der Waals surface area contributed by atoms with Crippen molar-refractivity contribution in [3.63, 3.8) is 0 Å². The average Bonchev–Trinajstić information content (AvgIpc) is 2.78. The van der Waals surface area contributed by atoms with Gasteiger partial charge in [0.25, 0.3) is 5.91 Å². The minimum Gasteiger partial charge on any atom is -0.352 e. The number of rotatable bonds is 4. The fourth-order valence-electron chi connectivity index (χ4n) is 2.58. The predicted octanol–water partition coefficient (Wildman–Crippen LogP) is 2.13. The zero-order chi connectivity index (χ0) is 16.3. The topological polar surface area (TPSA) is 66.5 Å². The largest absolute Gasteiger partial charge is 0.352 e. The van der Waals surface area contributed by atoms with E-state index in [1.54, 1.807) is 23.1 Å². The number of benzene rings is 1. The van der Waals surface area contributed by atoms with E-state index >= 15 is 0 Å². The molecule has 6 heteroatoms. The van der Waals surface area contributed by atoms with E-state index in [-0.39, 0.29) is 22.2 Å². The first-order chi connectivity index (χ1) is 10.4. The highest BCUT2D eigenvalue weighted by Crippen LogP contribution is 2.31. The summed E-state index contributed by atoms with van der Waals surface area (Å²) in [6.45, 7) is 6.38. The molecular formula is C16H20N2O3S. The van der Waals surface area contributed by atoms with Gasteiger partial charge < -0.3 is 10.2 Å². The van der Waals surface area contributed by atoms with Crippen molar-refractivity contribution in [1.29, 1.82) is 0 Å². The highest BCUT2D eigenvalue weighted by atomic mass is 32.2. The van der Waals surface area contributed by atoms with Crippen molar-refractivity contribution >= 4 is 34.4 Å². The predicted molar refractivity (Wildman–Crippen MR) is 88.2 cm³/mol. The van der Waals surface area contributed by atoms with Crippen LogP contribution in [0.2, 0.25) is 0 Å². The van der Waals surface area contributed by atoms with Crippen LogP contribution in [-0.4, -0.2) is 35.3 Å². The summed E-state index contributed by atoms with van der Waals surface area (Å²) in [5, 5.41) is 2.79. The summed E-state index contributed by atoms with van der Waals surface area (Å²) in [5.41, 5.74) is 2.28. The number of carbonyl (C=O) groups excluding carboxylic acids is 3. The van der Waals surface area contributed by atoms with Crippen LogP contribution in [0.4, 0.5) is 5.69 Å². The Morgan fingerprint density at radius 2 is 2.14 bits per heavy atom. The first kappa shape index (κ1) is 16.5. The van der Waals surface area contributed by atoms with Gasteiger partial charge in [-0.15, -0.1) is 0 Å². The van der Waals surface area contributed by atoms with Crippen LogP contribution in [0.5, 0.6) is 0 Å². The van der Waals surface area contributed by atoms with Crippen LogP contribution in [0, 0.1) is 6.92 Å². The molecule has 2 rings (SSSR count). The second kappa shape index (κ2) is 6.96. The molecule has 1 saturated heterocycles. The second-order valence-electron chi connectivity index (χ2n) is 5.30. The highest BCUT2D eigenvalue weighted by Gasteiger charge is 2.32. The number of hydrogen-bond donors (Lipinski definition) is 1. The third-order valence-electron chi connectivity index (χ3n) is 3.51. The molecule has 0 aromatic heterocycles. The van der Waals surface area contributed by atoms with Gasteiger partial charge in [0, 0.05) is 42.9 Å². The van der Waals surface area contributed by atoms with E-state index in [4.69, 9.17) is 0 Å². The maximum absolute atomic E-state index is 12.2. The Bertz CT molecular complexity index is 615. The molecule has 2 amide bonds. The van der Waals surface area contributed by atoms with Crippen molar-refractivity contribution in [2.75, 3.05) is 18.0 Å². The number of nitrogens with zero attached hydrogens (tertiary/aromatic N) is 1. The van der Waals surface area contributed by atoms with E-state index in [1.165, 1.54) is 18.7 Å². The first-order valence-corrected chi connectivity index (χ1v) is 8.16. The standard InChI is InChI=1S/C16H20N2O3S/c1-4-17-16(21)12-5-6-14(10(2)7-12)18-9-13(8-15(18)20)22-11(3)19/h5-7,13H,4,8-9H2,1-3H3,(H,17,21). The number of carbonyl (C=O) groups is 3. The summed E-state index contributed by atoms with van der Waals surface area (Å²) in [5.74, 6) is -0.0949. The Morgan fingerprint density at radius 1 is 1.41 bits per heavy atom. The molecule has 0 aliphatic carbocycles. The van der Waals surface area contributed by atoms with Crippen LogP contribution in [0.3, 0.4) is 0 Å². The number of nitrogens with one attached hydrogen (secondary N) is 1. The lowest BCUT2D eigenvalue weighted by Gasteiger charge is -2.19. The number of anilines is 1. The lowest BCUT2D eigenvalue weighted by Crippen LogP contribution is -2.26. The lowest BCUT2D eigenvalue weighted by molar-refractivity contribution is -0.117. The molecule has 1 atom stereocenters. The fraction of sp³-hybridized carbons (Fsp3) is 0.438. The molecule has 0 radical (unpaired) electrons. The molecule has 5 nitrogen and oxygen atoms in total. The van der Waals surface area contributed by atoms with Gasteiger partial charge >= 0.3 is 0 Å². The Balaban J connectivity index is 2.17. The van der Waals surface area contributed by atoms with E-state index < -0.39 is 0 Å². The van der Waals surface area contributed by atoms with Crippen molar-refractivity contribution in [2.45, 2.75) is 32.4 Å². The third-order valence-corrected chi connectivity index (χ3v) is 4.49. The normalized spacial score (nSPS) is 17.7. The minimum atomic E-state index is -0.116. The molecule has 1 aliphatic heterocycles. The highest BCUT2D eigenvalue weighted by molar-refractivity contribution is 8.14. The van der Waals surface area contributed by atoms with Crippen molar-refractivity contribution in [2.24, 2.45) is 0 Å². The lowest BCUT2D eigenvalue weighted by atomic mass is 10.1. The molecule has 1 aliphatic rings. The summed E-state index contributed by atoms with van der Waals surface area (Å²) in [7, 11) is 0. The third kappa shape index (κ3) is 3.68. The van der Waals surface area contributed by atoms with Crippen LogP contribution in [0.25, 0.3) is 0 Å². The summed E-state index contributed by atoms with van der Waals surface area (Å²) >= 11 is 1.22. The van der Waals surface area contributed by atoms with E-state index in [1.807, 2.05) is 13.8 Å². The number of amides is 2. The second-order valence-corrected chi connectivity index (χ2v) is 6.78. The van der Waals surface area contributed by atoms with E-state index in [9.17, 15) is 14.4 Å². The van der Waals surface area contributed by atoms with Gasteiger partial charge in [0.2, 0.25) is 5.91 Å². The van der Waals surface area contributed by atoms with E-state index in [2.05, 4.69) is 5.32 Å². The van der Waals surface area contributed by atoms with E-state index in [0.717, 1.165) is 11.3 Å². The Kier molecular flexibility index (Phi) is 5.24. The zero-order valence-corrected chi connectivity index (χ0v) is 13.8. The van der Waals surface area contributed by atoms with Crippen LogP contribution < -0.4 is 10.2 Å². The van der Waals surface area contributed by atoms with Gasteiger partial charge in [-0.3, -0.25) is 14.4 Å². The molecule has 1 aromatic rings. The summed E-state index contributed by atoms with van der Waals surface area (Å²) in [4.78, 5) is 36.9. The van der Waals surface area contributed by atoms with Crippen LogP contribution >= 0.6 is 11.8 Å². The van der Waals surface area contributed by atoms with Gasteiger partial charge in [-0.2, -0.15) is 0 Å². The zero-order valence-electron chi connectivity index (χ0n) is 13.0. The molecule has 1 fully saturated rings. The Morgan fingerprint density at radius 3 is 2.73 bits per heavy atom. The maximum Gasteiger partial charge on any atom is 0.251 e. The fourth-order valence-corrected chi connectivity index (χ4v) is 3.50.